The number of aryl methyl sites for hydroxylation is 1. The molecule has 1 aromatic heterocycles. The van der Waals surface area contributed by atoms with E-state index in [-0.39, 0.29) is 11.4 Å². The molecule has 0 saturated heterocycles. The maximum atomic E-state index is 12.2. The van der Waals surface area contributed by atoms with Crippen LogP contribution in [0.25, 0.3) is 11.4 Å². The quantitative estimate of drug-likeness (QED) is 0.712. The van der Waals surface area contributed by atoms with E-state index in [2.05, 4.69) is 14.9 Å². The average molecular weight is 378 g/mol. The Hall–Kier alpha value is -2.22. The summed E-state index contributed by atoms with van der Waals surface area (Å²) >= 11 is 5.85. The van der Waals surface area contributed by atoms with E-state index >= 15 is 0 Å². The molecular formula is C17H16ClN3O3S. The number of sulfonamides is 1. The van der Waals surface area contributed by atoms with Crippen LogP contribution in [0.4, 0.5) is 0 Å². The Morgan fingerprint density at radius 2 is 1.76 bits per heavy atom. The second-order valence-electron chi connectivity index (χ2n) is 5.48. The number of nitrogens with zero attached hydrogens (tertiary/aromatic N) is 2. The third kappa shape index (κ3) is 4.45. The van der Waals surface area contributed by atoms with Gasteiger partial charge in [0.15, 0.2) is 0 Å². The summed E-state index contributed by atoms with van der Waals surface area (Å²) in [5.74, 6) is 0.796. The molecule has 3 aromatic rings. The topological polar surface area (TPSA) is 85.1 Å². The molecule has 0 unspecified atom stereocenters. The van der Waals surface area contributed by atoms with Crippen molar-refractivity contribution in [3.63, 3.8) is 0 Å². The van der Waals surface area contributed by atoms with Crippen LogP contribution in [0.3, 0.4) is 0 Å². The molecule has 0 saturated carbocycles. The highest BCUT2D eigenvalue weighted by Gasteiger charge is 2.14. The van der Waals surface area contributed by atoms with Gasteiger partial charge in [-0.15, -0.1) is 0 Å². The summed E-state index contributed by atoms with van der Waals surface area (Å²) in [7, 11) is -3.55. The van der Waals surface area contributed by atoms with E-state index in [1.807, 2.05) is 6.92 Å². The molecule has 1 N–H and O–H groups in total. The molecule has 6 nitrogen and oxygen atoms in total. The molecule has 0 aliphatic heterocycles. The molecule has 8 heteroatoms. The lowest BCUT2D eigenvalue weighted by Crippen LogP contribution is -2.26. The second kappa shape index (κ2) is 7.35. The van der Waals surface area contributed by atoms with Gasteiger partial charge in [0.2, 0.25) is 21.7 Å². The number of hydrogen-bond donors (Lipinski definition) is 1. The SMILES string of the molecule is Cc1ccc(S(=O)(=O)NCCc2nc(-c3ccc(Cl)cc3)no2)cc1. The van der Waals surface area contributed by atoms with Crippen molar-refractivity contribution >= 4 is 21.6 Å². The first-order valence-electron chi connectivity index (χ1n) is 7.59. The van der Waals surface area contributed by atoms with Crippen molar-refractivity contribution in [2.75, 3.05) is 6.54 Å². The van der Waals surface area contributed by atoms with E-state index in [0.717, 1.165) is 11.1 Å². The Morgan fingerprint density at radius 1 is 1.08 bits per heavy atom. The molecule has 0 atom stereocenters. The van der Waals surface area contributed by atoms with Crippen LogP contribution in [0.5, 0.6) is 0 Å². The number of rotatable bonds is 6. The highest BCUT2D eigenvalue weighted by atomic mass is 35.5. The van der Waals surface area contributed by atoms with Gasteiger partial charge >= 0.3 is 0 Å². The molecule has 1 heterocycles. The number of aromatic nitrogens is 2. The van der Waals surface area contributed by atoms with Crippen molar-refractivity contribution in [3.8, 4) is 11.4 Å². The molecule has 0 fully saturated rings. The van der Waals surface area contributed by atoms with Crippen molar-refractivity contribution in [2.24, 2.45) is 0 Å². The highest BCUT2D eigenvalue weighted by Crippen LogP contribution is 2.18. The van der Waals surface area contributed by atoms with Crippen molar-refractivity contribution in [3.05, 3.63) is 65.0 Å². The van der Waals surface area contributed by atoms with Crippen LogP contribution in [-0.4, -0.2) is 25.1 Å². The van der Waals surface area contributed by atoms with Gasteiger partial charge in [-0.05, 0) is 43.3 Å². The number of halogens is 1. The van der Waals surface area contributed by atoms with Crippen molar-refractivity contribution in [1.82, 2.24) is 14.9 Å². The summed E-state index contributed by atoms with van der Waals surface area (Å²) in [6, 6.07) is 13.7. The third-order valence-electron chi connectivity index (χ3n) is 3.53. The van der Waals surface area contributed by atoms with Crippen LogP contribution >= 0.6 is 11.6 Å². The van der Waals surface area contributed by atoms with Crippen LogP contribution in [0.15, 0.2) is 57.9 Å². The summed E-state index contributed by atoms with van der Waals surface area (Å²) in [5.41, 5.74) is 1.78. The smallest absolute Gasteiger partial charge is 0.240 e. The van der Waals surface area contributed by atoms with Crippen LogP contribution < -0.4 is 4.72 Å². The van der Waals surface area contributed by atoms with Crippen molar-refractivity contribution in [2.45, 2.75) is 18.2 Å². The van der Waals surface area contributed by atoms with Crippen molar-refractivity contribution < 1.29 is 12.9 Å². The average Bonchev–Trinajstić information content (AvgIpc) is 3.04. The minimum atomic E-state index is -3.55. The Bertz CT molecular complexity index is 952. The fourth-order valence-electron chi connectivity index (χ4n) is 2.17. The lowest BCUT2D eigenvalue weighted by Gasteiger charge is -2.05. The molecule has 25 heavy (non-hydrogen) atoms. The number of nitrogens with one attached hydrogen (secondary N) is 1. The van der Waals surface area contributed by atoms with Gasteiger partial charge in [0.1, 0.15) is 0 Å². The van der Waals surface area contributed by atoms with Crippen LogP contribution in [0.2, 0.25) is 5.02 Å². The summed E-state index contributed by atoms with van der Waals surface area (Å²) < 4.78 is 32.1. The molecule has 0 radical (unpaired) electrons. The van der Waals surface area contributed by atoms with Gasteiger partial charge in [0.25, 0.3) is 0 Å². The molecule has 3 rings (SSSR count). The van der Waals surface area contributed by atoms with E-state index in [1.54, 1.807) is 48.5 Å². The Morgan fingerprint density at radius 3 is 2.44 bits per heavy atom. The van der Waals surface area contributed by atoms with E-state index in [1.165, 1.54) is 0 Å². The highest BCUT2D eigenvalue weighted by molar-refractivity contribution is 7.89. The monoisotopic (exact) mass is 377 g/mol. The number of hydrogen-bond acceptors (Lipinski definition) is 5. The zero-order chi connectivity index (χ0) is 17.9. The molecule has 0 bridgehead atoms. The van der Waals surface area contributed by atoms with E-state index in [9.17, 15) is 8.42 Å². The van der Waals surface area contributed by atoms with Crippen molar-refractivity contribution in [1.29, 1.82) is 0 Å². The normalized spacial score (nSPS) is 11.6. The molecule has 0 spiro atoms. The standard InChI is InChI=1S/C17H16ClN3O3S/c1-12-2-8-15(9-3-12)25(22,23)19-11-10-16-20-17(21-24-16)13-4-6-14(18)7-5-13/h2-9,19H,10-11H2,1H3. The van der Waals surface area contributed by atoms with Gasteiger partial charge in [-0.3, -0.25) is 0 Å². The predicted molar refractivity (Wildman–Crippen MR) is 94.8 cm³/mol. The molecular weight excluding hydrogens is 362 g/mol. The Labute approximate surface area is 150 Å². The first-order valence-corrected chi connectivity index (χ1v) is 9.45. The maximum Gasteiger partial charge on any atom is 0.240 e. The Balaban J connectivity index is 1.61. The number of benzene rings is 2. The first kappa shape index (κ1) is 17.6. The van der Waals surface area contributed by atoms with Gasteiger partial charge in [-0.25, -0.2) is 13.1 Å². The maximum absolute atomic E-state index is 12.2. The molecule has 130 valence electrons. The van der Waals surface area contributed by atoms with Gasteiger partial charge in [0, 0.05) is 23.6 Å². The van der Waals surface area contributed by atoms with Crippen LogP contribution in [-0.2, 0) is 16.4 Å². The fourth-order valence-corrected chi connectivity index (χ4v) is 3.32. The van der Waals surface area contributed by atoms with Gasteiger partial charge in [0.05, 0.1) is 4.90 Å². The van der Waals surface area contributed by atoms with Gasteiger partial charge < -0.3 is 4.52 Å². The summed E-state index contributed by atoms with van der Waals surface area (Å²) in [6.07, 6.45) is 0.297. The first-order chi connectivity index (χ1) is 11.9. The molecule has 2 aromatic carbocycles. The minimum Gasteiger partial charge on any atom is -0.339 e. The predicted octanol–water partition coefficient (Wildman–Crippen LogP) is 3.22. The van der Waals surface area contributed by atoms with Gasteiger partial charge in [-0.1, -0.05) is 34.5 Å². The zero-order valence-electron chi connectivity index (χ0n) is 13.4. The lowest BCUT2D eigenvalue weighted by molar-refractivity contribution is 0.379. The summed E-state index contributed by atoms with van der Waals surface area (Å²) in [4.78, 5) is 4.49. The van der Waals surface area contributed by atoms with E-state index in [0.29, 0.717) is 23.2 Å². The second-order valence-corrected chi connectivity index (χ2v) is 7.68. The van der Waals surface area contributed by atoms with Crippen LogP contribution in [0, 0.1) is 6.92 Å². The Kier molecular flexibility index (Phi) is 5.17. The largest absolute Gasteiger partial charge is 0.339 e. The molecule has 0 aliphatic rings. The summed E-state index contributed by atoms with van der Waals surface area (Å²) in [5, 5.41) is 4.52. The lowest BCUT2D eigenvalue weighted by atomic mass is 10.2. The molecule has 0 amide bonds. The zero-order valence-corrected chi connectivity index (χ0v) is 15.0. The van der Waals surface area contributed by atoms with Crippen LogP contribution in [0.1, 0.15) is 11.5 Å². The van der Waals surface area contributed by atoms with E-state index < -0.39 is 10.0 Å². The third-order valence-corrected chi connectivity index (χ3v) is 5.26. The van der Waals surface area contributed by atoms with Gasteiger partial charge in [-0.2, -0.15) is 4.98 Å². The minimum absolute atomic E-state index is 0.165. The summed E-state index contributed by atoms with van der Waals surface area (Å²) in [6.45, 7) is 2.07. The van der Waals surface area contributed by atoms with E-state index in [4.69, 9.17) is 16.1 Å². The molecule has 0 aliphatic carbocycles. The fraction of sp³-hybridized carbons (Fsp3) is 0.176.